The number of hydrogen-bond donors (Lipinski definition) is 1. The molecule has 0 saturated carbocycles. The molecule has 0 spiro atoms. The summed E-state index contributed by atoms with van der Waals surface area (Å²) < 4.78 is 52.9. The molecule has 1 N–H and O–H groups in total. The number of nitrogens with zero attached hydrogens (tertiary/aromatic N) is 1. The summed E-state index contributed by atoms with van der Waals surface area (Å²) in [5.41, 5.74) is 0. The van der Waals surface area contributed by atoms with Gasteiger partial charge in [-0.05, 0) is 47.9 Å². The molecule has 0 bridgehead atoms. The van der Waals surface area contributed by atoms with Gasteiger partial charge in [-0.25, -0.2) is 17.2 Å². The summed E-state index contributed by atoms with van der Waals surface area (Å²) >= 11 is 2.88. The van der Waals surface area contributed by atoms with Gasteiger partial charge in [0.1, 0.15) is 16.5 Å². The molecule has 0 aliphatic carbocycles. The van der Waals surface area contributed by atoms with Crippen molar-refractivity contribution in [1.29, 1.82) is 0 Å². The number of rotatable bonds is 4. The molecule has 1 heterocycles. The average Bonchev–Trinajstić information content (AvgIpc) is 2.83. The van der Waals surface area contributed by atoms with E-state index in [4.69, 9.17) is 0 Å². The zero-order chi connectivity index (χ0) is 14.9. The van der Waals surface area contributed by atoms with Crippen LogP contribution in [0, 0.1) is 17.6 Å². The zero-order valence-electron chi connectivity index (χ0n) is 11.3. The topological polar surface area (TPSA) is 49.4 Å². The molecule has 4 nitrogen and oxygen atoms in total. The molecule has 0 aromatic heterocycles. The van der Waals surface area contributed by atoms with Crippen LogP contribution in [0.25, 0.3) is 0 Å². The number of halogens is 4. The molecule has 1 atom stereocenters. The van der Waals surface area contributed by atoms with Gasteiger partial charge in [0.25, 0.3) is 0 Å². The Kier molecular flexibility index (Phi) is 6.54. The first kappa shape index (κ1) is 18.8. The van der Waals surface area contributed by atoms with Crippen molar-refractivity contribution in [3.05, 3.63) is 28.2 Å². The van der Waals surface area contributed by atoms with Gasteiger partial charge in [-0.15, -0.1) is 12.4 Å². The molecule has 1 aliphatic heterocycles. The number of nitrogens with one attached hydrogen (secondary N) is 1. The number of benzene rings is 1. The third-order valence-electron chi connectivity index (χ3n) is 3.33. The van der Waals surface area contributed by atoms with Gasteiger partial charge in [0, 0.05) is 19.2 Å². The second-order valence-corrected chi connectivity index (χ2v) is 7.53. The summed E-state index contributed by atoms with van der Waals surface area (Å²) in [4.78, 5) is -0.490. The highest BCUT2D eigenvalue weighted by Crippen LogP contribution is 2.29. The van der Waals surface area contributed by atoms with Gasteiger partial charge in [0.15, 0.2) is 0 Å². The van der Waals surface area contributed by atoms with Crippen LogP contribution in [0.15, 0.2) is 21.5 Å². The van der Waals surface area contributed by atoms with Crippen LogP contribution in [-0.2, 0) is 10.0 Å². The molecule has 21 heavy (non-hydrogen) atoms. The fraction of sp³-hybridized carbons (Fsp3) is 0.500. The Bertz CT molecular complexity index is 616. The molecular weight excluding hydrogens is 390 g/mol. The van der Waals surface area contributed by atoms with Crippen LogP contribution < -0.4 is 5.32 Å². The first-order chi connectivity index (χ1) is 9.36. The van der Waals surface area contributed by atoms with Crippen LogP contribution in [-0.4, -0.2) is 39.4 Å². The minimum Gasteiger partial charge on any atom is -0.319 e. The second kappa shape index (κ2) is 7.32. The lowest BCUT2D eigenvalue weighted by atomic mass is 10.1. The highest BCUT2D eigenvalue weighted by molar-refractivity contribution is 9.10. The lowest BCUT2D eigenvalue weighted by molar-refractivity contribution is 0.445. The van der Waals surface area contributed by atoms with Crippen molar-refractivity contribution in [2.24, 2.45) is 5.92 Å². The fourth-order valence-corrected chi connectivity index (χ4v) is 4.41. The third-order valence-corrected chi connectivity index (χ3v) is 5.82. The Labute approximate surface area is 137 Å². The Balaban J connectivity index is 0.00000220. The van der Waals surface area contributed by atoms with Gasteiger partial charge in [-0.2, -0.15) is 4.31 Å². The Hall–Kier alpha value is -0.280. The molecule has 1 aliphatic rings. The van der Waals surface area contributed by atoms with Crippen LogP contribution in [0.3, 0.4) is 0 Å². The predicted molar refractivity (Wildman–Crippen MR) is 82.1 cm³/mol. The standard InChI is InChI=1S/C12H15BrF2N2O2S.ClH/c1-16-6-8-2-3-17(7-8)20(18,19)12-4-9(13)10(14)5-11(12)15;/h4-5,8,16H,2-3,6-7H2,1H3;1H. The molecule has 0 radical (unpaired) electrons. The molecule has 1 aromatic rings. The van der Waals surface area contributed by atoms with Crippen molar-refractivity contribution < 1.29 is 17.2 Å². The van der Waals surface area contributed by atoms with E-state index in [1.165, 1.54) is 4.31 Å². The summed E-state index contributed by atoms with van der Waals surface area (Å²) in [7, 11) is -2.13. The molecular formula is C12H16BrClF2N2O2S. The first-order valence-corrected chi connectivity index (χ1v) is 8.39. The van der Waals surface area contributed by atoms with Gasteiger partial charge < -0.3 is 5.32 Å². The van der Waals surface area contributed by atoms with Crippen LogP contribution in [0.1, 0.15) is 6.42 Å². The van der Waals surface area contributed by atoms with Gasteiger partial charge in [-0.1, -0.05) is 0 Å². The highest BCUT2D eigenvalue weighted by Gasteiger charge is 2.34. The zero-order valence-corrected chi connectivity index (χ0v) is 14.5. The number of sulfonamides is 1. The maximum absolute atomic E-state index is 13.7. The van der Waals surface area contributed by atoms with Crippen molar-refractivity contribution in [3.8, 4) is 0 Å². The minimum absolute atomic E-state index is 0. The third kappa shape index (κ3) is 3.92. The van der Waals surface area contributed by atoms with Crippen molar-refractivity contribution in [2.75, 3.05) is 26.7 Å². The fourth-order valence-electron chi connectivity index (χ4n) is 2.31. The average molecular weight is 406 g/mol. The van der Waals surface area contributed by atoms with Crippen LogP contribution in [0.2, 0.25) is 0 Å². The van der Waals surface area contributed by atoms with E-state index >= 15 is 0 Å². The van der Waals surface area contributed by atoms with E-state index in [9.17, 15) is 17.2 Å². The van der Waals surface area contributed by atoms with E-state index in [2.05, 4.69) is 21.2 Å². The monoisotopic (exact) mass is 404 g/mol. The van der Waals surface area contributed by atoms with E-state index in [0.717, 1.165) is 12.5 Å². The van der Waals surface area contributed by atoms with E-state index in [0.29, 0.717) is 25.7 Å². The lowest BCUT2D eigenvalue weighted by Gasteiger charge is -2.17. The molecule has 1 unspecified atom stereocenters. The van der Waals surface area contributed by atoms with E-state index in [1.807, 2.05) is 0 Å². The molecule has 1 fully saturated rings. The van der Waals surface area contributed by atoms with E-state index in [-0.39, 0.29) is 22.8 Å². The molecule has 1 aromatic carbocycles. The second-order valence-electron chi connectivity index (χ2n) is 4.77. The first-order valence-electron chi connectivity index (χ1n) is 6.15. The van der Waals surface area contributed by atoms with E-state index in [1.54, 1.807) is 7.05 Å². The number of hydrogen-bond acceptors (Lipinski definition) is 3. The van der Waals surface area contributed by atoms with E-state index < -0.39 is 26.6 Å². The van der Waals surface area contributed by atoms with Gasteiger partial charge in [0.2, 0.25) is 10.0 Å². The summed E-state index contributed by atoms with van der Waals surface area (Å²) in [6.45, 7) is 1.41. The largest absolute Gasteiger partial charge is 0.319 e. The van der Waals surface area contributed by atoms with Crippen molar-refractivity contribution in [1.82, 2.24) is 9.62 Å². The van der Waals surface area contributed by atoms with Crippen LogP contribution in [0.5, 0.6) is 0 Å². The smallest absolute Gasteiger partial charge is 0.246 e. The maximum Gasteiger partial charge on any atom is 0.246 e. The molecule has 0 amide bonds. The Morgan fingerprint density at radius 3 is 2.67 bits per heavy atom. The lowest BCUT2D eigenvalue weighted by Crippen LogP contribution is -2.31. The van der Waals surface area contributed by atoms with Crippen molar-refractivity contribution in [2.45, 2.75) is 11.3 Å². The highest BCUT2D eigenvalue weighted by atomic mass is 79.9. The Morgan fingerprint density at radius 1 is 1.38 bits per heavy atom. The molecule has 2 rings (SSSR count). The molecule has 120 valence electrons. The van der Waals surface area contributed by atoms with Crippen LogP contribution >= 0.6 is 28.3 Å². The summed E-state index contributed by atoms with van der Waals surface area (Å²) in [5.74, 6) is -1.68. The van der Waals surface area contributed by atoms with Crippen molar-refractivity contribution in [3.63, 3.8) is 0 Å². The van der Waals surface area contributed by atoms with Gasteiger partial charge in [0.05, 0.1) is 4.47 Å². The normalized spacial score (nSPS) is 19.5. The van der Waals surface area contributed by atoms with Gasteiger partial charge in [-0.3, -0.25) is 0 Å². The SMILES string of the molecule is CNCC1CCN(S(=O)(=O)c2cc(Br)c(F)cc2F)C1.Cl. The quantitative estimate of drug-likeness (QED) is 0.783. The summed E-state index contributed by atoms with van der Waals surface area (Å²) in [5, 5.41) is 3.00. The van der Waals surface area contributed by atoms with Crippen LogP contribution in [0.4, 0.5) is 8.78 Å². The molecule has 1 saturated heterocycles. The van der Waals surface area contributed by atoms with Gasteiger partial charge >= 0.3 is 0 Å². The summed E-state index contributed by atoms with van der Waals surface area (Å²) in [6.07, 6.45) is 0.726. The molecule has 9 heteroatoms. The van der Waals surface area contributed by atoms with Crippen molar-refractivity contribution >= 4 is 38.4 Å². The minimum atomic E-state index is -3.93. The Morgan fingerprint density at radius 2 is 2.05 bits per heavy atom. The maximum atomic E-state index is 13.7. The summed E-state index contributed by atoms with van der Waals surface area (Å²) in [6, 6.07) is 1.56. The predicted octanol–water partition coefficient (Wildman–Crippen LogP) is 2.38.